The van der Waals surface area contributed by atoms with E-state index in [2.05, 4.69) is 10.3 Å². The zero-order valence-electron chi connectivity index (χ0n) is 5.41. The molecule has 2 N–H and O–H groups in total. The maximum absolute atomic E-state index is 9.22. The molecule has 0 unspecified atom stereocenters. The van der Waals surface area contributed by atoms with Crippen molar-refractivity contribution in [1.29, 1.82) is 0 Å². The van der Waals surface area contributed by atoms with E-state index in [1.807, 2.05) is 0 Å². The van der Waals surface area contributed by atoms with Crippen LogP contribution in [0.3, 0.4) is 0 Å². The maximum atomic E-state index is 9.22. The highest BCUT2D eigenvalue weighted by atomic mass is 16.3. The zero-order chi connectivity index (χ0) is 6.97. The number of aromatic nitrogens is 1. The summed E-state index contributed by atoms with van der Waals surface area (Å²) in [7, 11) is 0. The van der Waals surface area contributed by atoms with E-state index in [0.29, 0.717) is 6.04 Å². The fraction of sp³-hybridized carbons (Fsp3) is 0.286. The molecule has 2 rings (SSSR count). The topological polar surface area (TPSA) is 55.1 Å². The molecule has 0 spiro atoms. The molecule has 1 aliphatic rings. The largest absolute Gasteiger partial charge is 0.506 e. The SMILES string of the molecule is Oc1cccnc1[C@H]1CN1. The van der Waals surface area contributed by atoms with Crippen LogP contribution in [0.25, 0.3) is 0 Å². The molecule has 1 saturated heterocycles. The molecule has 3 heteroatoms. The molecular weight excluding hydrogens is 128 g/mol. The molecule has 1 atom stereocenters. The minimum Gasteiger partial charge on any atom is -0.506 e. The van der Waals surface area contributed by atoms with Gasteiger partial charge in [-0.2, -0.15) is 0 Å². The van der Waals surface area contributed by atoms with Gasteiger partial charge in [0.2, 0.25) is 0 Å². The molecule has 0 radical (unpaired) electrons. The lowest BCUT2D eigenvalue weighted by molar-refractivity contribution is 0.464. The third kappa shape index (κ3) is 0.844. The fourth-order valence-corrected chi connectivity index (χ4v) is 0.930. The third-order valence-corrected chi connectivity index (χ3v) is 1.55. The van der Waals surface area contributed by atoms with Crippen LogP contribution in [0.1, 0.15) is 11.7 Å². The van der Waals surface area contributed by atoms with Crippen molar-refractivity contribution in [3.05, 3.63) is 24.0 Å². The number of rotatable bonds is 1. The lowest BCUT2D eigenvalue weighted by Crippen LogP contribution is -1.88. The molecule has 1 aromatic heterocycles. The van der Waals surface area contributed by atoms with E-state index in [-0.39, 0.29) is 5.75 Å². The summed E-state index contributed by atoms with van der Waals surface area (Å²) in [5.74, 6) is 0.289. The molecule has 1 aromatic rings. The first kappa shape index (κ1) is 5.68. The highest BCUT2D eigenvalue weighted by Gasteiger charge is 2.25. The van der Waals surface area contributed by atoms with Crippen LogP contribution in [0, 0.1) is 0 Å². The minimum absolute atomic E-state index is 0.289. The second kappa shape index (κ2) is 1.95. The molecule has 1 fully saturated rings. The molecule has 0 bridgehead atoms. The van der Waals surface area contributed by atoms with E-state index in [1.54, 1.807) is 18.3 Å². The third-order valence-electron chi connectivity index (χ3n) is 1.55. The van der Waals surface area contributed by atoms with Gasteiger partial charge < -0.3 is 10.4 Å². The zero-order valence-corrected chi connectivity index (χ0v) is 5.41. The van der Waals surface area contributed by atoms with Gasteiger partial charge in [0.1, 0.15) is 11.4 Å². The Bertz CT molecular complexity index is 245. The monoisotopic (exact) mass is 136 g/mol. The molecule has 3 nitrogen and oxygen atoms in total. The Kier molecular flexibility index (Phi) is 1.11. The highest BCUT2D eigenvalue weighted by molar-refractivity contribution is 5.30. The van der Waals surface area contributed by atoms with E-state index < -0.39 is 0 Å². The van der Waals surface area contributed by atoms with Crippen LogP contribution in [0.4, 0.5) is 0 Å². The van der Waals surface area contributed by atoms with Gasteiger partial charge in [0, 0.05) is 12.7 Å². The van der Waals surface area contributed by atoms with Crippen LogP contribution in [0.2, 0.25) is 0 Å². The summed E-state index contributed by atoms with van der Waals surface area (Å²) in [5.41, 5.74) is 0.766. The molecule has 0 saturated carbocycles. The van der Waals surface area contributed by atoms with Gasteiger partial charge >= 0.3 is 0 Å². The second-order valence-electron chi connectivity index (χ2n) is 2.37. The average Bonchev–Trinajstić information content (AvgIpc) is 2.71. The first-order valence-electron chi connectivity index (χ1n) is 3.25. The summed E-state index contributed by atoms with van der Waals surface area (Å²) in [4.78, 5) is 4.03. The number of pyridine rings is 1. The van der Waals surface area contributed by atoms with Crippen molar-refractivity contribution in [3.8, 4) is 5.75 Å². The van der Waals surface area contributed by atoms with Gasteiger partial charge in [0.15, 0.2) is 0 Å². The Hall–Kier alpha value is -1.09. The molecule has 0 amide bonds. The van der Waals surface area contributed by atoms with E-state index >= 15 is 0 Å². The van der Waals surface area contributed by atoms with Gasteiger partial charge in [-0.1, -0.05) is 0 Å². The summed E-state index contributed by atoms with van der Waals surface area (Å²) in [6.07, 6.45) is 1.69. The van der Waals surface area contributed by atoms with Crippen molar-refractivity contribution >= 4 is 0 Å². The minimum atomic E-state index is 0.289. The van der Waals surface area contributed by atoms with E-state index in [9.17, 15) is 5.11 Å². The van der Waals surface area contributed by atoms with Gasteiger partial charge in [-0.05, 0) is 12.1 Å². The highest BCUT2D eigenvalue weighted by Crippen LogP contribution is 2.26. The van der Waals surface area contributed by atoms with E-state index in [4.69, 9.17) is 0 Å². The van der Waals surface area contributed by atoms with Gasteiger partial charge in [-0.25, -0.2) is 0 Å². The predicted octanol–water partition coefficient (Wildman–Crippen LogP) is 0.431. The van der Waals surface area contributed by atoms with Crippen molar-refractivity contribution in [2.75, 3.05) is 6.54 Å². The van der Waals surface area contributed by atoms with Crippen molar-refractivity contribution in [1.82, 2.24) is 10.3 Å². The molecule has 1 aliphatic heterocycles. The molecule has 0 aromatic carbocycles. The van der Waals surface area contributed by atoms with Crippen LogP contribution in [0.15, 0.2) is 18.3 Å². The Balaban J connectivity index is 2.39. The maximum Gasteiger partial charge on any atom is 0.138 e. The first-order chi connectivity index (χ1) is 4.88. The molecule has 10 heavy (non-hydrogen) atoms. The quantitative estimate of drug-likeness (QED) is 0.550. The lowest BCUT2D eigenvalue weighted by atomic mass is 10.2. The smallest absolute Gasteiger partial charge is 0.138 e. The van der Waals surface area contributed by atoms with Crippen molar-refractivity contribution in [2.24, 2.45) is 0 Å². The Morgan fingerprint density at radius 3 is 3.10 bits per heavy atom. The van der Waals surface area contributed by atoms with Crippen molar-refractivity contribution < 1.29 is 5.11 Å². The molecule has 2 heterocycles. The number of aromatic hydroxyl groups is 1. The number of nitrogens with one attached hydrogen (secondary N) is 1. The van der Waals surface area contributed by atoms with Crippen LogP contribution in [-0.4, -0.2) is 16.6 Å². The van der Waals surface area contributed by atoms with Crippen molar-refractivity contribution in [3.63, 3.8) is 0 Å². The number of hydrogen-bond donors (Lipinski definition) is 2. The van der Waals surface area contributed by atoms with Crippen LogP contribution in [-0.2, 0) is 0 Å². The summed E-state index contributed by atoms with van der Waals surface area (Å²) in [5, 5.41) is 12.3. The molecule has 0 aliphatic carbocycles. The Labute approximate surface area is 58.7 Å². The normalized spacial score (nSPS) is 22.6. The summed E-state index contributed by atoms with van der Waals surface area (Å²) < 4.78 is 0. The number of nitrogens with zero attached hydrogens (tertiary/aromatic N) is 1. The summed E-state index contributed by atoms with van der Waals surface area (Å²) in [6, 6.07) is 3.67. The van der Waals surface area contributed by atoms with E-state index in [1.165, 1.54) is 0 Å². The lowest BCUT2D eigenvalue weighted by Gasteiger charge is -1.96. The molecule has 52 valence electrons. The second-order valence-corrected chi connectivity index (χ2v) is 2.37. The standard InChI is InChI=1S/C7H8N2O/c10-6-2-1-3-8-7(6)5-4-9-5/h1-3,5,9-10H,4H2/t5-/m1/s1. The van der Waals surface area contributed by atoms with Crippen molar-refractivity contribution in [2.45, 2.75) is 6.04 Å². The van der Waals surface area contributed by atoms with E-state index in [0.717, 1.165) is 12.2 Å². The predicted molar refractivity (Wildman–Crippen MR) is 36.6 cm³/mol. The van der Waals surface area contributed by atoms with Gasteiger partial charge in [-0.3, -0.25) is 4.98 Å². The van der Waals surface area contributed by atoms with Gasteiger partial charge in [-0.15, -0.1) is 0 Å². The summed E-state index contributed by atoms with van der Waals surface area (Å²) in [6.45, 7) is 0.935. The molecular formula is C7H8N2O. The van der Waals surface area contributed by atoms with Crippen LogP contribution in [0.5, 0.6) is 5.75 Å². The fourth-order valence-electron chi connectivity index (χ4n) is 0.930. The average molecular weight is 136 g/mol. The Morgan fingerprint density at radius 2 is 2.50 bits per heavy atom. The number of hydrogen-bond acceptors (Lipinski definition) is 3. The van der Waals surface area contributed by atoms with Crippen LogP contribution < -0.4 is 5.32 Å². The van der Waals surface area contributed by atoms with Gasteiger partial charge in [0.25, 0.3) is 0 Å². The summed E-state index contributed by atoms with van der Waals surface area (Å²) >= 11 is 0. The van der Waals surface area contributed by atoms with Gasteiger partial charge in [0.05, 0.1) is 6.04 Å². The Morgan fingerprint density at radius 1 is 1.70 bits per heavy atom. The first-order valence-corrected chi connectivity index (χ1v) is 3.25. The van der Waals surface area contributed by atoms with Crippen LogP contribution >= 0.6 is 0 Å².